The van der Waals surface area contributed by atoms with E-state index in [0.717, 1.165) is 207 Å². The first-order valence-electron chi connectivity index (χ1n) is 36.0. The fourth-order valence-corrected chi connectivity index (χ4v) is 10.7. The van der Waals surface area contributed by atoms with Crippen LogP contribution in [0.4, 0.5) is 9.59 Å². The van der Waals surface area contributed by atoms with Gasteiger partial charge in [0.1, 0.15) is 0 Å². The molecule has 0 fully saturated rings. The van der Waals surface area contributed by atoms with E-state index in [2.05, 4.69) is 91.5 Å². The molecule has 0 heterocycles. The maximum absolute atomic E-state index is 14.1. The van der Waals surface area contributed by atoms with Crippen molar-refractivity contribution in [3.05, 3.63) is 24.3 Å². The number of rotatable bonds is 70. The summed E-state index contributed by atoms with van der Waals surface area (Å²) in [5, 5.41) is 29.5. The first-order chi connectivity index (χ1) is 41.5. The van der Waals surface area contributed by atoms with Gasteiger partial charge in [-0.25, -0.2) is 9.59 Å². The maximum atomic E-state index is 14.1. The molecule has 0 aliphatic heterocycles. The molecule has 0 spiro atoms. The van der Waals surface area contributed by atoms with Crippen LogP contribution in [0.1, 0.15) is 284 Å². The van der Waals surface area contributed by atoms with Crippen molar-refractivity contribution < 1.29 is 9.59 Å². The van der Waals surface area contributed by atoms with Crippen molar-refractivity contribution in [2.24, 2.45) is 17.2 Å². The van der Waals surface area contributed by atoms with Crippen LogP contribution in [0.25, 0.3) is 0 Å². The van der Waals surface area contributed by atoms with E-state index in [1.807, 2.05) is 5.12 Å². The Morgan fingerprint density at radius 2 is 0.560 bits per heavy atom. The maximum Gasteiger partial charge on any atom is 0.330 e. The topological polar surface area (TPSA) is 236 Å². The van der Waals surface area contributed by atoms with Gasteiger partial charge in [0, 0.05) is 13.1 Å². The Labute approximate surface area is 519 Å². The van der Waals surface area contributed by atoms with Gasteiger partial charge in [0.15, 0.2) is 0 Å². The Kier molecular flexibility index (Phi) is 67.7. The number of carbonyl (C=O) groups is 2. The molecule has 0 bridgehead atoms. The predicted octanol–water partition coefficient (Wildman–Crippen LogP) is 12.4. The number of hydrogen-bond donors (Lipinski definition) is 13. The predicted molar refractivity (Wildman–Crippen MR) is 366 cm³/mol. The van der Waals surface area contributed by atoms with Gasteiger partial charge in [0.05, 0.1) is 5.54 Å². The van der Waals surface area contributed by atoms with Crippen molar-refractivity contribution in [2.45, 2.75) is 289 Å². The van der Waals surface area contributed by atoms with Crippen LogP contribution in [0.2, 0.25) is 0 Å². The van der Waals surface area contributed by atoms with E-state index < -0.39 is 5.54 Å². The molecule has 498 valence electrons. The second kappa shape index (κ2) is 69.7. The summed E-state index contributed by atoms with van der Waals surface area (Å²) in [7, 11) is 0. The lowest BCUT2D eigenvalue weighted by atomic mass is 9.83. The van der Waals surface area contributed by atoms with E-state index in [4.69, 9.17) is 17.2 Å². The van der Waals surface area contributed by atoms with E-state index in [1.165, 1.54) is 154 Å². The van der Waals surface area contributed by atoms with Gasteiger partial charge in [-0.15, -0.1) is 5.12 Å². The van der Waals surface area contributed by atoms with Gasteiger partial charge < -0.3 is 59.7 Å². The minimum atomic E-state index is -0.492. The zero-order valence-corrected chi connectivity index (χ0v) is 55.5. The van der Waals surface area contributed by atoms with Crippen molar-refractivity contribution >= 4 is 12.1 Å². The molecular formula is C68H144N14O2. The molecule has 0 saturated heterocycles. The van der Waals surface area contributed by atoms with E-state index in [9.17, 15) is 9.59 Å². The summed E-state index contributed by atoms with van der Waals surface area (Å²) in [6.07, 6.45) is 58.8. The molecule has 0 radical (unpaired) electrons. The third-order valence-electron chi connectivity index (χ3n) is 16.2. The largest absolute Gasteiger partial charge is 0.337 e. The third-order valence-corrected chi connectivity index (χ3v) is 16.2. The summed E-state index contributed by atoms with van der Waals surface area (Å²) in [5.74, 6) is 0. The van der Waals surface area contributed by atoms with Crippen LogP contribution in [0.3, 0.4) is 0 Å². The average molecular weight is 1190 g/mol. The van der Waals surface area contributed by atoms with E-state index in [0.29, 0.717) is 19.6 Å². The molecule has 0 aliphatic rings. The van der Waals surface area contributed by atoms with Crippen molar-refractivity contribution in [1.82, 2.24) is 58.5 Å². The molecule has 0 rings (SSSR count). The first kappa shape index (κ1) is 81.6. The van der Waals surface area contributed by atoms with Gasteiger partial charge in [-0.1, -0.05) is 167 Å². The number of unbranched alkanes of at least 4 members (excludes halogenated alkanes) is 27. The Morgan fingerprint density at radius 1 is 0.298 bits per heavy atom. The molecule has 16 nitrogen and oxygen atoms in total. The van der Waals surface area contributed by atoms with Crippen LogP contribution >= 0.6 is 0 Å². The summed E-state index contributed by atoms with van der Waals surface area (Å²) in [6, 6.07) is -0.557. The molecule has 0 aromatic heterocycles. The molecule has 16 N–H and O–H groups in total. The highest BCUT2D eigenvalue weighted by atomic mass is 16.2. The van der Waals surface area contributed by atoms with Gasteiger partial charge in [-0.3, -0.25) is 10.9 Å². The number of nitrogens with two attached hydrogens (primary N) is 3. The van der Waals surface area contributed by atoms with Gasteiger partial charge in [0.25, 0.3) is 0 Å². The highest BCUT2D eigenvalue weighted by Crippen LogP contribution is 2.31. The minimum absolute atomic E-state index is 0.279. The Morgan fingerprint density at radius 3 is 0.869 bits per heavy atom. The molecule has 0 aromatic carbocycles. The van der Waals surface area contributed by atoms with Crippen molar-refractivity contribution in [3.63, 3.8) is 0 Å². The van der Waals surface area contributed by atoms with Crippen LogP contribution in [0, 0.1) is 0 Å². The molecule has 0 unspecified atom stereocenters. The van der Waals surface area contributed by atoms with Gasteiger partial charge in [-0.2, -0.15) is 0 Å². The highest BCUT2D eigenvalue weighted by molar-refractivity contribution is 5.75. The Balaban J connectivity index is 6.14. The van der Waals surface area contributed by atoms with Crippen molar-refractivity contribution in [3.8, 4) is 0 Å². The molecule has 0 aliphatic carbocycles. The summed E-state index contributed by atoms with van der Waals surface area (Å²) in [5.41, 5.74) is 23.0. The summed E-state index contributed by atoms with van der Waals surface area (Å²) in [6.45, 7) is 19.1. The average Bonchev–Trinajstić information content (AvgIpc) is 3.23. The summed E-state index contributed by atoms with van der Waals surface area (Å²) in [4.78, 5) is 28.2. The molecule has 0 aromatic rings. The van der Waals surface area contributed by atoms with Crippen LogP contribution in [0.15, 0.2) is 24.3 Å². The van der Waals surface area contributed by atoms with Crippen molar-refractivity contribution in [1.29, 1.82) is 0 Å². The fourth-order valence-electron chi connectivity index (χ4n) is 10.7. The molecule has 84 heavy (non-hydrogen) atoms. The second-order valence-electron chi connectivity index (χ2n) is 24.2. The van der Waals surface area contributed by atoms with Crippen LogP contribution in [-0.2, 0) is 0 Å². The molecule has 4 amide bonds. The highest BCUT2D eigenvalue weighted by Gasteiger charge is 2.38. The number of allylic oxidation sites excluding steroid dienone is 4. The lowest BCUT2D eigenvalue weighted by Gasteiger charge is -2.44. The number of nitrogens with one attached hydrogen (secondary N) is 10. The molecular weight excluding hydrogens is 1040 g/mol. The molecule has 0 saturated carbocycles. The summed E-state index contributed by atoms with van der Waals surface area (Å²) >= 11 is 0. The quantitative estimate of drug-likeness (QED) is 0.0155. The SMILES string of the molecule is CCCCCCCCC=CCCCCCCCCC(CCCCCCCCC=CCCCCCCCC)(CCNCCCCNCCCN)N(NC(=O)NCCCNCCCCNCCCN)NC(=O)NCCCNCCCCNCCCN. The van der Waals surface area contributed by atoms with Crippen LogP contribution in [0.5, 0.6) is 0 Å². The standard InChI is InChI=1S/C68H144N14O2/c1-3-5-7-9-11-13-15-17-19-21-23-25-27-29-31-33-46-68(48-65-77-57-40-39-54-74-60-43-51-71,47-34-32-30-28-26-24-22-20-18-16-14-12-10-8-6-4-2)82(80-66(83)78-63-44-61-75-55-37-35-52-72-58-41-49-69)81-67(84)79-64-45-62-76-56-38-36-53-73-59-42-50-70/h17-20,72-77H,3-16,21-65,69-71H2,1-2H3,(H2,78,80,83)(H2,79,81,84). The number of urea groups is 2. The lowest BCUT2D eigenvalue weighted by molar-refractivity contribution is -0.0128. The third kappa shape index (κ3) is 59.9. The molecule has 16 heteroatoms. The van der Waals surface area contributed by atoms with E-state index in [-0.39, 0.29) is 12.1 Å². The van der Waals surface area contributed by atoms with Crippen molar-refractivity contribution in [2.75, 3.05) is 111 Å². The smallest absolute Gasteiger partial charge is 0.330 e. The summed E-state index contributed by atoms with van der Waals surface area (Å²) < 4.78 is 0. The normalized spacial score (nSPS) is 12.5. The Hall–Kier alpha value is -2.38. The monoisotopic (exact) mass is 1190 g/mol. The lowest BCUT2D eigenvalue weighted by Crippen LogP contribution is -2.67. The fraction of sp³-hybridized carbons (Fsp3) is 0.912. The Bertz CT molecular complexity index is 1290. The van der Waals surface area contributed by atoms with Crippen LogP contribution in [-0.4, -0.2) is 134 Å². The van der Waals surface area contributed by atoms with Gasteiger partial charge >= 0.3 is 12.1 Å². The zero-order chi connectivity index (χ0) is 60.9. The first-order valence-corrected chi connectivity index (χ1v) is 36.0. The number of carbonyl (C=O) groups excluding carboxylic acids is 2. The zero-order valence-electron chi connectivity index (χ0n) is 55.5. The molecule has 0 atom stereocenters. The van der Waals surface area contributed by atoms with Crippen LogP contribution < -0.4 is 70.6 Å². The second-order valence-corrected chi connectivity index (χ2v) is 24.2. The number of nitrogens with zero attached hydrogens (tertiary/aromatic N) is 1. The van der Waals surface area contributed by atoms with Gasteiger partial charge in [0.2, 0.25) is 0 Å². The number of hydrogen-bond acceptors (Lipinski definition) is 12. The number of amides is 4. The minimum Gasteiger partial charge on any atom is -0.337 e. The number of hydrazine groups is 2. The van der Waals surface area contributed by atoms with E-state index in [1.54, 1.807) is 0 Å². The van der Waals surface area contributed by atoms with E-state index >= 15 is 0 Å². The van der Waals surface area contributed by atoms with Gasteiger partial charge in [-0.05, 0) is 239 Å².